The zero-order valence-corrected chi connectivity index (χ0v) is 23.6. The van der Waals surface area contributed by atoms with Gasteiger partial charge in [-0.3, -0.25) is 9.59 Å². The molecular formula is C29H47N3O4. The number of ether oxygens (including phenoxy) is 1. The van der Waals surface area contributed by atoms with E-state index in [1.54, 1.807) is 25.7 Å². The molecule has 0 bridgehead atoms. The molecule has 0 aliphatic heterocycles. The first-order chi connectivity index (χ1) is 16.8. The molecule has 1 aromatic rings. The Labute approximate surface area is 217 Å². The Hall–Kier alpha value is -2.57. The minimum Gasteiger partial charge on any atom is -0.444 e. The van der Waals surface area contributed by atoms with Crippen molar-refractivity contribution in [2.75, 3.05) is 6.54 Å². The van der Waals surface area contributed by atoms with Gasteiger partial charge in [-0.05, 0) is 82.9 Å². The van der Waals surface area contributed by atoms with Gasteiger partial charge in [0.05, 0.1) is 0 Å². The number of hydrogen-bond donors (Lipinski definition) is 2. The summed E-state index contributed by atoms with van der Waals surface area (Å²) in [5.41, 5.74) is 2.33. The van der Waals surface area contributed by atoms with Crippen LogP contribution in [0.4, 0.5) is 4.79 Å². The van der Waals surface area contributed by atoms with Crippen LogP contribution >= 0.6 is 0 Å². The molecular weight excluding hydrogens is 454 g/mol. The van der Waals surface area contributed by atoms with Crippen molar-refractivity contribution in [3.05, 3.63) is 34.9 Å². The third-order valence-electron chi connectivity index (χ3n) is 6.34. The predicted molar refractivity (Wildman–Crippen MR) is 144 cm³/mol. The van der Waals surface area contributed by atoms with E-state index in [2.05, 4.69) is 17.6 Å². The summed E-state index contributed by atoms with van der Waals surface area (Å²) < 4.78 is 5.45. The third kappa shape index (κ3) is 9.14. The Kier molecular flexibility index (Phi) is 10.8. The van der Waals surface area contributed by atoms with Crippen LogP contribution in [0.15, 0.2) is 18.2 Å². The fraction of sp³-hybridized carbons (Fsp3) is 0.690. The minimum absolute atomic E-state index is 0.0272. The summed E-state index contributed by atoms with van der Waals surface area (Å²) >= 11 is 0. The number of alkyl carbamates (subject to hydrolysis) is 1. The van der Waals surface area contributed by atoms with Gasteiger partial charge in [0.15, 0.2) is 0 Å². The first-order valence-corrected chi connectivity index (χ1v) is 13.5. The van der Waals surface area contributed by atoms with Crippen LogP contribution in [-0.2, 0) is 14.3 Å². The number of carbonyl (C=O) groups is 3. The van der Waals surface area contributed by atoms with Crippen LogP contribution in [0.25, 0.3) is 0 Å². The van der Waals surface area contributed by atoms with Gasteiger partial charge in [0.1, 0.15) is 17.7 Å². The first-order valence-electron chi connectivity index (χ1n) is 13.5. The first kappa shape index (κ1) is 29.7. The molecule has 7 heteroatoms. The molecule has 2 rings (SSSR count). The van der Waals surface area contributed by atoms with Crippen LogP contribution in [0.2, 0.25) is 0 Å². The van der Waals surface area contributed by atoms with Gasteiger partial charge in [0.25, 0.3) is 0 Å². The Morgan fingerprint density at radius 2 is 1.75 bits per heavy atom. The average molecular weight is 502 g/mol. The van der Waals surface area contributed by atoms with Crippen LogP contribution in [-0.4, -0.2) is 47.0 Å². The molecule has 1 aromatic carbocycles. The summed E-state index contributed by atoms with van der Waals surface area (Å²) in [4.78, 5) is 42.1. The van der Waals surface area contributed by atoms with E-state index in [9.17, 15) is 14.4 Å². The Bertz CT molecular complexity index is 902. The summed E-state index contributed by atoms with van der Waals surface area (Å²) in [5, 5.41) is 5.88. The number of carbonyl (C=O) groups excluding carboxylic acids is 3. The van der Waals surface area contributed by atoms with Gasteiger partial charge in [-0.1, -0.05) is 51.8 Å². The molecule has 0 radical (unpaired) electrons. The maximum Gasteiger partial charge on any atom is 0.408 e. The molecule has 2 atom stereocenters. The highest BCUT2D eigenvalue weighted by Gasteiger charge is 2.44. The standard InChI is InChI=1S/C29H47N3O4/c1-9-10-11-16-30-26(33)25(22-13-12-20(4)21(5)18-22)32(23-14-15-23)27(34)24(17-19(2)3)31-28(35)36-29(6,7)8/h12-13,18-19,23-25H,9-11,14-17H2,1-8H3,(H,30,33)(H,31,35). The highest BCUT2D eigenvalue weighted by molar-refractivity contribution is 5.92. The number of nitrogens with zero attached hydrogens (tertiary/aromatic N) is 1. The van der Waals surface area contributed by atoms with Crippen molar-refractivity contribution in [1.29, 1.82) is 0 Å². The molecule has 0 saturated heterocycles. The van der Waals surface area contributed by atoms with E-state index in [1.165, 1.54) is 0 Å². The molecule has 202 valence electrons. The Morgan fingerprint density at radius 1 is 1.08 bits per heavy atom. The number of hydrogen-bond acceptors (Lipinski definition) is 4. The van der Waals surface area contributed by atoms with Gasteiger partial charge in [-0.15, -0.1) is 0 Å². The molecule has 2 N–H and O–H groups in total. The van der Waals surface area contributed by atoms with E-state index in [4.69, 9.17) is 4.74 Å². The summed E-state index contributed by atoms with van der Waals surface area (Å²) in [5.74, 6) is -0.239. The van der Waals surface area contributed by atoms with Crippen LogP contribution in [0.5, 0.6) is 0 Å². The molecule has 0 heterocycles. The number of rotatable bonds is 12. The second kappa shape index (κ2) is 13.1. The average Bonchev–Trinajstić information content (AvgIpc) is 3.59. The number of amides is 3. The zero-order chi connectivity index (χ0) is 27.0. The van der Waals surface area contributed by atoms with E-state index in [0.29, 0.717) is 13.0 Å². The number of aryl methyl sites for hydroxylation is 2. The number of nitrogens with one attached hydrogen (secondary N) is 2. The molecule has 1 aliphatic rings. The second-order valence-electron chi connectivity index (χ2n) is 11.5. The van der Waals surface area contributed by atoms with E-state index in [-0.39, 0.29) is 23.8 Å². The second-order valence-corrected chi connectivity index (χ2v) is 11.5. The molecule has 1 aliphatic carbocycles. The lowest BCUT2D eigenvalue weighted by atomic mass is 9.96. The van der Waals surface area contributed by atoms with Crippen molar-refractivity contribution < 1.29 is 19.1 Å². The topological polar surface area (TPSA) is 87.7 Å². The van der Waals surface area contributed by atoms with E-state index in [0.717, 1.165) is 48.8 Å². The smallest absolute Gasteiger partial charge is 0.408 e. The van der Waals surface area contributed by atoms with Gasteiger partial charge in [-0.2, -0.15) is 0 Å². The van der Waals surface area contributed by atoms with Crippen LogP contribution in [0.1, 0.15) is 103 Å². The Balaban J connectivity index is 2.41. The quantitative estimate of drug-likeness (QED) is 0.366. The minimum atomic E-state index is -0.776. The van der Waals surface area contributed by atoms with Gasteiger partial charge in [-0.25, -0.2) is 4.79 Å². The SMILES string of the molecule is CCCCCNC(=O)C(c1ccc(C)c(C)c1)N(C(=O)C(CC(C)C)NC(=O)OC(C)(C)C)C1CC1. The maximum atomic E-state index is 14.1. The van der Waals surface area contributed by atoms with Gasteiger partial charge >= 0.3 is 6.09 Å². The van der Waals surface area contributed by atoms with Crippen molar-refractivity contribution >= 4 is 17.9 Å². The number of unbranched alkanes of at least 4 members (excludes halogenated alkanes) is 2. The fourth-order valence-electron chi connectivity index (χ4n) is 4.25. The molecule has 1 saturated carbocycles. The van der Waals surface area contributed by atoms with E-state index < -0.39 is 23.8 Å². The lowest BCUT2D eigenvalue weighted by Gasteiger charge is -2.35. The van der Waals surface area contributed by atoms with Crippen molar-refractivity contribution in [1.82, 2.24) is 15.5 Å². The lowest BCUT2D eigenvalue weighted by molar-refractivity contribution is -0.143. The number of benzene rings is 1. The van der Waals surface area contributed by atoms with Crippen molar-refractivity contribution in [3.8, 4) is 0 Å². The molecule has 0 aromatic heterocycles. The maximum absolute atomic E-state index is 14.1. The molecule has 7 nitrogen and oxygen atoms in total. The zero-order valence-electron chi connectivity index (χ0n) is 23.6. The fourth-order valence-corrected chi connectivity index (χ4v) is 4.25. The highest BCUT2D eigenvalue weighted by Crippen LogP contribution is 2.36. The molecule has 2 unspecified atom stereocenters. The van der Waals surface area contributed by atoms with Crippen LogP contribution in [0.3, 0.4) is 0 Å². The largest absolute Gasteiger partial charge is 0.444 e. The summed E-state index contributed by atoms with van der Waals surface area (Å²) in [6.07, 6.45) is 4.53. The van der Waals surface area contributed by atoms with Crippen molar-refractivity contribution in [2.45, 2.75) is 118 Å². The summed E-state index contributed by atoms with van der Waals surface area (Å²) in [6, 6.07) is 4.40. The van der Waals surface area contributed by atoms with Crippen LogP contribution in [0, 0.1) is 19.8 Å². The normalized spacial score (nSPS) is 15.2. The lowest BCUT2D eigenvalue weighted by Crippen LogP contribution is -2.54. The highest BCUT2D eigenvalue weighted by atomic mass is 16.6. The van der Waals surface area contributed by atoms with Gasteiger partial charge < -0.3 is 20.3 Å². The van der Waals surface area contributed by atoms with Crippen LogP contribution < -0.4 is 10.6 Å². The predicted octanol–water partition coefficient (Wildman–Crippen LogP) is 5.58. The van der Waals surface area contributed by atoms with Crippen molar-refractivity contribution in [2.24, 2.45) is 5.92 Å². The van der Waals surface area contributed by atoms with Crippen molar-refractivity contribution in [3.63, 3.8) is 0 Å². The third-order valence-corrected chi connectivity index (χ3v) is 6.34. The van der Waals surface area contributed by atoms with Gasteiger partial charge in [0.2, 0.25) is 11.8 Å². The monoisotopic (exact) mass is 501 g/mol. The summed E-state index contributed by atoms with van der Waals surface area (Å²) in [7, 11) is 0. The van der Waals surface area contributed by atoms with Gasteiger partial charge in [0, 0.05) is 12.6 Å². The molecule has 1 fully saturated rings. The molecule has 0 spiro atoms. The molecule has 36 heavy (non-hydrogen) atoms. The van der Waals surface area contributed by atoms with E-state index in [1.807, 2.05) is 45.9 Å². The Morgan fingerprint density at radius 3 is 2.28 bits per heavy atom. The van der Waals surface area contributed by atoms with E-state index >= 15 is 0 Å². The summed E-state index contributed by atoms with van der Waals surface area (Å²) in [6.45, 7) is 16.2. The molecule has 3 amide bonds.